The Morgan fingerprint density at radius 3 is 2.81 bits per heavy atom. The van der Waals surface area contributed by atoms with E-state index in [0.717, 1.165) is 49.0 Å². The summed E-state index contributed by atoms with van der Waals surface area (Å²) in [5, 5.41) is 7.46. The molecule has 5 nitrogen and oxygen atoms in total. The van der Waals surface area contributed by atoms with Gasteiger partial charge in [0.1, 0.15) is 0 Å². The van der Waals surface area contributed by atoms with Crippen LogP contribution in [0, 0.1) is 5.92 Å². The number of nitrogens with one attached hydrogen (secondary N) is 1. The van der Waals surface area contributed by atoms with Crippen molar-refractivity contribution in [2.75, 3.05) is 18.0 Å². The monoisotopic (exact) mass is 305 g/mol. The van der Waals surface area contributed by atoms with Gasteiger partial charge in [0.25, 0.3) is 0 Å². The zero-order valence-corrected chi connectivity index (χ0v) is 13.5. The number of anilines is 1. The lowest BCUT2D eigenvalue weighted by molar-refractivity contribution is 0.352. The molecule has 1 aliphatic rings. The quantitative estimate of drug-likeness (QED) is 0.911. The van der Waals surface area contributed by atoms with Gasteiger partial charge in [0.15, 0.2) is 5.82 Å². The van der Waals surface area contributed by atoms with Gasteiger partial charge in [-0.15, -0.1) is 16.4 Å². The molecule has 21 heavy (non-hydrogen) atoms. The minimum atomic E-state index is 0.286. The Hall–Kier alpha value is -1.40. The van der Waals surface area contributed by atoms with Crippen LogP contribution in [0.15, 0.2) is 12.1 Å². The normalized spacial score (nSPS) is 18.1. The number of nitrogens with two attached hydrogens (primary N) is 1. The average molecular weight is 305 g/mol. The number of aryl methyl sites for hydroxylation is 1. The van der Waals surface area contributed by atoms with E-state index >= 15 is 0 Å². The standard InChI is InChI=1S/C15H23N5S/c1-3-12-4-5-13(21-12)14-17-15(19-18-14)20-8-6-11(7-9-20)10(2)16/h4-5,10-11H,3,6-9,16H2,1-2H3,(H,17,18,19). The van der Waals surface area contributed by atoms with E-state index in [4.69, 9.17) is 5.73 Å². The van der Waals surface area contributed by atoms with Gasteiger partial charge in [-0.2, -0.15) is 4.98 Å². The zero-order valence-electron chi connectivity index (χ0n) is 12.7. The Morgan fingerprint density at radius 2 is 2.19 bits per heavy atom. The zero-order chi connectivity index (χ0) is 14.8. The summed E-state index contributed by atoms with van der Waals surface area (Å²) in [5.74, 6) is 2.33. The van der Waals surface area contributed by atoms with Crippen LogP contribution in [-0.4, -0.2) is 34.3 Å². The number of aromatic nitrogens is 3. The van der Waals surface area contributed by atoms with E-state index in [2.05, 4.69) is 46.1 Å². The predicted molar refractivity (Wildman–Crippen MR) is 87.7 cm³/mol. The highest BCUT2D eigenvalue weighted by atomic mass is 32.1. The second-order valence-electron chi connectivity index (χ2n) is 5.79. The van der Waals surface area contributed by atoms with Gasteiger partial charge >= 0.3 is 0 Å². The fourth-order valence-electron chi connectivity index (χ4n) is 2.83. The topological polar surface area (TPSA) is 70.8 Å². The molecule has 1 saturated heterocycles. The van der Waals surface area contributed by atoms with E-state index in [-0.39, 0.29) is 6.04 Å². The van der Waals surface area contributed by atoms with Crippen molar-refractivity contribution in [3.63, 3.8) is 0 Å². The van der Waals surface area contributed by atoms with Gasteiger partial charge in [0.2, 0.25) is 5.95 Å². The van der Waals surface area contributed by atoms with Crippen LogP contribution in [0.4, 0.5) is 5.95 Å². The summed E-state index contributed by atoms with van der Waals surface area (Å²) in [6.07, 6.45) is 3.32. The summed E-state index contributed by atoms with van der Waals surface area (Å²) in [6, 6.07) is 4.57. The molecule has 114 valence electrons. The van der Waals surface area contributed by atoms with Crippen molar-refractivity contribution < 1.29 is 0 Å². The van der Waals surface area contributed by atoms with Crippen molar-refractivity contribution in [3.05, 3.63) is 17.0 Å². The first-order valence-corrected chi connectivity index (χ1v) is 8.51. The lowest BCUT2D eigenvalue weighted by Gasteiger charge is -2.32. The predicted octanol–water partition coefficient (Wildman–Crippen LogP) is 2.66. The Bertz CT molecular complexity index is 580. The molecule has 1 unspecified atom stereocenters. The molecule has 0 radical (unpaired) electrons. The highest BCUT2D eigenvalue weighted by Crippen LogP contribution is 2.28. The molecule has 3 N–H and O–H groups in total. The minimum Gasteiger partial charge on any atom is -0.340 e. The van der Waals surface area contributed by atoms with E-state index in [9.17, 15) is 0 Å². The fraction of sp³-hybridized carbons (Fsp3) is 0.600. The van der Waals surface area contributed by atoms with Gasteiger partial charge in [0.05, 0.1) is 4.88 Å². The maximum absolute atomic E-state index is 5.99. The molecule has 0 saturated carbocycles. The SMILES string of the molecule is CCc1ccc(-c2nc(N3CCC(C(C)N)CC3)n[nH]2)s1. The first-order chi connectivity index (χ1) is 10.2. The van der Waals surface area contributed by atoms with Gasteiger partial charge in [-0.1, -0.05) is 6.92 Å². The Kier molecular flexibility index (Phi) is 4.26. The highest BCUT2D eigenvalue weighted by Gasteiger charge is 2.24. The lowest BCUT2D eigenvalue weighted by Crippen LogP contribution is -2.40. The van der Waals surface area contributed by atoms with E-state index in [0.29, 0.717) is 5.92 Å². The maximum Gasteiger partial charge on any atom is 0.245 e. The first kappa shape index (κ1) is 14.5. The molecule has 1 fully saturated rings. The Labute approximate surface area is 129 Å². The molecule has 0 amide bonds. The number of rotatable bonds is 4. The summed E-state index contributed by atoms with van der Waals surface area (Å²) in [5.41, 5.74) is 5.99. The number of hydrogen-bond donors (Lipinski definition) is 2. The number of H-pyrrole nitrogens is 1. The molecule has 6 heteroatoms. The molecule has 1 atom stereocenters. The van der Waals surface area contributed by atoms with E-state index < -0.39 is 0 Å². The third-order valence-corrected chi connectivity index (χ3v) is 5.52. The van der Waals surface area contributed by atoms with Crippen molar-refractivity contribution in [1.29, 1.82) is 0 Å². The summed E-state index contributed by atoms with van der Waals surface area (Å²) in [7, 11) is 0. The second-order valence-corrected chi connectivity index (χ2v) is 6.96. The van der Waals surface area contributed by atoms with Crippen LogP contribution in [0.3, 0.4) is 0 Å². The van der Waals surface area contributed by atoms with E-state index in [1.807, 2.05) is 0 Å². The molecule has 3 rings (SSSR count). The summed E-state index contributed by atoms with van der Waals surface area (Å²) < 4.78 is 0. The maximum atomic E-state index is 5.99. The number of hydrogen-bond acceptors (Lipinski definition) is 5. The van der Waals surface area contributed by atoms with E-state index in [1.54, 1.807) is 11.3 Å². The average Bonchev–Trinajstić information content (AvgIpc) is 3.16. The molecule has 0 aromatic carbocycles. The second kappa shape index (κ2) is 6.15. The molecular formula is C15H23N5S. The minimum absolute atomic E-state index is 0.286. The summed E-state index contributed by atoms with van der Waals surface area (Å²) in [6.45, 7) is 6.26. The molecule has 1 aliphatic heterocycles. The highest BCUT2D eigenvalue weighted by molar-refractivity contribution is 7.15. The molecule has 2 aromatic heterocycles. The molecule has 2 aromatic rings. The lowest BCUT2D eigenvalue weighted by atomic mass is 9.91. The van der Waals surface area contributed by atoms with Crippen molar-refractivity contribution >= 4 is 17.3 Å². The van der Waals surface area contributed by atoms with Crippen LogP contribution < -0.4 is 10.6 Å². The van der Waals surface area contributed by atoms with Crippen LogP contribution in [0.2, 0.25) is 0 Å². The first-order valence-electron chi connectivity index (χ1n) is 7.69. The van der Waals surface area contributed by atoms with Crippen LogP contribution >= 0.6 is 11.3 Å². The van der Waals surface area contributed by atoms with Crippen molar-refractivity contribution in [2.24, 2.45) is 11.7 Å². The van der Waals surface area contributed by atoms with Crippen molar-refractivity contribution in [2.45, 2.75) is 39.2 Å². The Balaban J connectivity index is 1.68. The third kappa shape index (κ3) is 3.11. The van der Waals surface area contributed by atoms with Gasteiger partial charge in [-0.3, -0.25) is 5.10 Å². The molecule has 0 bridgehead atoms. The third-order valence-electron chi connectivity index (χ3n) is 4.28. The largest absolute Gasteiger partial charge is 0.340 e. The van der Waals surface area contributed by atoms with E-state index in [1.165, 1.54) is 4.88 Å². The summed E-state index contributed by atoms with van der Waals surface area (Å²) >= 11 is 1.78. The van der Waals surface area contributed by atoms with Crippen LogP contribution in [0.5, 0.6) is 0 Å². The molecule has 0 aliphatic carbocycles. The fourth-order valence-corrected chi connectivity index (χ4v) is 3.71. The Morgan fingerprint density at radius 1 is 1.43 bits per heavy atom. The van der Waals surface area contributed by atoms with Gasteiger partial charge < -0.3 is 10.6 Å². The molecular weight excluding hydrogens is 282 g/mol. The number of aromatic amines is 1. The van der Waals surface area contributed by atoms with Gasteiger partial charge in [0, 0.05) is 24.0 Å². The summed E-state index contributed by atoms with van der Waals surface area (Å²) in [4.78, 5) is 9.46. The van der Waals surface area contributed by atoms with Crippen molar-refractivity contribution in [1.82, 2.24) is 15.2 Å². The molecule has 3 heterocycles. The van der Waals surface area contributed by atoms with Crippen molar-refractivity contribution in [3.8, 4) is 10.7 Å². The number of thiophene rings is 1. The van der Waals surface area contributed by atoms with Gasteiger partial charge in [-0.25, -0.2) is 0 Å². The number of nitrogens with zero attached hydrogens (tertiary/aromatic N) is 3. The number of piperidine rings is 1. The van der Waals surface area contributed by atoms with Crippen LogP contribution in [0.1, 0.15) is 31.6 Å². The van der Waals surface area contributed by atoms with Gasteiger partial charge in [-0.05, 0) is 44.2 Å². The van der Waals surface area contributed by atoms with Crippen LogP contribution in [0.25, 0.3) is 10.7 Å². The molecule has 0 spiro atoms. The smallest absolute Gasteiger partial charge is 0.245 e. The van der Waals surface area contributed by atoms with Crippen LogP contribution in [-0.2, 0) is 6.42 Å².